The fraction of sp³-hybridized carbons (Fsp3) is 0.818. The van der Waals surface area contributed by atoms with Crippen molar-refractivity contribution in [2.45, 2.75) is 38.6 Å². The third kappa shape index (κ3) is 5.11. The van der Waals surface area contributed by atoms with Gasteiger partial charge in [-0.1, -0.05) is 19.8 Å². The molecule has 92 valence electrons. The van der Waals surface area contributed by atoms with Crippen LogP contribution in [0.25, 0.3) is 0 Å². The summed E-state index contributed by atoms with van der Waals surface area (Å²) in [6.07, 6.45) is 4.38. The van der Waals surface area contributed by atoms with Gasteiger partial charge in [-0.2, -0.15) is 0 Å². The Balaban J connectivity index is 2.15. The van der Waals surface area contributed by atoms with Gasteiger partial charge in [-0.05, 0) is 18.8 Å². The molecule has 5 nitrogen and oxygen atoms in total. The molecular formula is C11H19NO4. The number of amides is 1. The molecule has 1 rings (SSSR count). The maximum atomic E-state index is 11.4. The zero-order valence-electron chi connectivity index (χ0n) is 9.57. The summed E-state index contributed by atoms with van der Waals surface area (Å²) in [6, 6.07) is 0.227. The molecule has 0 aromatic carbocycles. The number of ether oxygens (including phenoxy) is 1. The lowest BCUT2D eigenvalue weighted by atomic mass is 9.87. The van der Waals surface area contributed by atoms with Gasteiger partial charge < -0.3 is 15.2 Å². The van der Waals surface area contributed by atoms with Gasteiger partial charge >= 0.3 is 5.97 Å². The van der Waals surface area contributed by atoms with Gasteiger partial charge in [0.25, 0.3) is 0 Å². The van der Waals surface area contributed by atoms with Crippen LogP contribution in [0.2, 0.25) is 0 Å². The Morgan fingerprint density at radius 2 is 2.12 bits per heavy atom. The third-order valence-corrected chi connectivity index (χ3v) is 2.76. The summed E-state index contributed by atoms with van der Waals surface area (Å²) >= 11 is 0. The minimum absolute atomic E-state index is 0.169. The first kappa shape index (κ1) is 13.0. The van der Waals surface area contributed by atoms with Crippen LogP contribution in [-0.4, -0.2) is 36.2 Å². The van der Waals surface area contributed by atoms with E-state index in [1.165, 1.54) is 6.42 Å². The SMILES string of the molecule is CC1CCCC(NC(=O)COCC(=O)O)C1. The molecule has 5 heteroatoms. The number of carboxylic acids is 1. The van der Waals surface area contributed by atoms with E-state index in [-0.39, 0.29) is 18.6 Å². The van der Waals surface area contributed by atoms with Crippen LogP contribution in [0, 0.1) is 5.92 Å². The lowest BCUT2D eigenvalue weighted by Crippen LogP contribution is -2.40. The first-order valence-corrected chi connectivity index (χ1v) is 5.67. The molecule has 1 amide bonds. The van der Waals surface area contributed by atoms with Crippen molar-refractivity contribution in [3.05, 3.63) is 0 Å². The Morgan fingerprint density at radius 3 is 2.75 bits per heavy atom. The molecule has 1 aliphatic carbocycles. The Bertz CT molecular complexity index is 254. The zero-order valence-corrected chi connectivity index (χ0v) is 9.57. The largest absolute Gasteiger partial charge is 0.480 e. The summed E-state index contributed by atoms with van der Waals surface area (Å²) in [5.74, 6) is -0.626. The monoisotopic (exact) mass is 229 g/mol. The average molecular weight is 229 g/mol. The summed E-state index contributed by atoms with van der Waals surface area (Å²) in [4.78, 5) is 21.5. The Morgan fingerprint density at radius 1 is 1.38 bits per heavy atom. The molecule has 0 aliphatic heterocycles. The van der Waals surface area contributed by atoms with Crippen LogP contribution in [0.4, 0.5) is 0 Å². The second-order valence-corrected chi connectivity index (χ2v) is 4.42. The van der Waals surface area contributed by atoms with Crippen molar-refractivity contribution in [1.82, 2.24) is 5.32 Å². The summed E-state index contributed by atoms with van der Waals surface area (Å²) in [5, 5.41) is 11.2. The molecule has 2 N–H and O–H groups in total. The van der Waals surface area contributed by atoms with Crippen LogP contribution in [-0.2, 0) is 14.3 Å². The number of rotatable bonds is 5. The lowest BCUT2D eigenvalue weighted by Gasteiger charge is -2.27. The standard InChI is InChI=1S/C11H19NO4/c1-8-3-2-4-9(5-8)12-10(13)6-16-7-11(14)15/h8-9H,2-7H2,1H3,(H,12,13)(H,14,15). The average Bonchev–Trinajstić information content (AvgIpc) is 2.16. The van der Waals surface area contributed by atoms with Gasteiger partial charge in [-0.15, -0.1) is 0 Å². The molecule has 0 aromatic heterocycles. The highest BCUT2D eigenvalue weighted by Gasteiger charge is 2.20. The number of nitrogens with one attached hydrogen (secondary N) is 1. The molecule has 1 aliphatic rings. The molecule has 16 heavy (non-hydrogen) atoms. The second-order valence-electron chi connectivity index (χ2n) is 4.42. The zero-order chi connectivity index (χ0) is 12.0. The van der Waals surface area contributed by atoms with E-state index in [0.29, 0.717) is 5.92 Å². The highest BCUT2D eigenvalue weighted by atomic mass is 16.5. The second kappa shape index (κ2) is 6.48. The van der Waals surface area contributed by atoms with Gasteiger partial charge in [0.15, 0.2) is 0 Å². The van der Waals surface area contributed by atoms with E-state index in [1.807, 2.05) is 0 Å². The number of aliphatic carboxylic acids is 1. The highest BCUT2D eigenvalue weighted by Crippen LogP contribution is 2.23. The fourth-order valence-corrected chi connectivity index (χ4v) is 2.07. The van der Waals surface area contributed by atoms with E-state index in [2.05, 4.69) is 12.2 Å². The van der Waals surface area contributed by atoms with E-state index in [1.54, 1.807) is 0 Å². The van der Waals surface area contributed by atoms with E-state index >= 15 is 0 Å². The van der Waals surface area contributed by atoms with Gasteiger partial charge in [0.1, 0.15) is 13.2 Å². The van der Waals surface area contributed by atoms with Crippen molar-refractivity contribution in [3.8, 4) is 0 Å². The maximum Gasteiger partial charge on any atom is 0.329 e. The minimum Gasteiger partial charge on any atom is -0.480 e. The van der Waals surface area contributed by atoms with Crippen molar-refractivity contribution in [2.75, 3.05) is 13.2 Å². The third-order valence-electron chi connectivity index (χ3n) is 2.76. The van der Waals surface area contributed by atoms with Crippen LogP contribution < -0.4 is 5.32 Å². The quantitative estimate of drug-likeness (QED) is 0.730. The Labute approximate surface area is 95.2 Å². The molecule has 1 saturated carbocycles. The van der Waals surface area contributed by atoms with Crippen molar-refractivity contribution in [3.63, 3.8) is 0 Å². The smallest absolute Gasteiger partial charge is 0.329 e. The maximum absolute atomic E-state index is 11.4. The highest BCUT2D eigenvalue weighted by molar-refractivity contribution is 5.78. The predicted octanol–water partition coefficient (Wildman–Crippen LogP) is 0.782. The normalized spacial score (nSPS) is 25.1. The van der Waals surface area contributed by atoms with Crippen molar-refractivity contribution in [1.29, 1.82) is 0 Å². The molecule has 1 fully saturated rings. The van der Waals surface area contributed by atoms with Gasteiger partial charge in [-0.3, -0.25) is 4.79 Å². The Hall–Kier alpha value is -1.10. The molecule has 0 spiro atoms. The number of carbonyl (C=O) groups is 2. The van der Waals surface area contributed by atoms with Crippen molar-refractivity contribution in [2.24, 2.45) is 5.92 Å². The molecule has 0 heterocycles. The summed E-state index contributed by atoms with van der Waals surface area (Å²) in [5.41, 5.74) is 0. The Kier molecular flexibility index (Phi) is 5.25. The number of carboxylic acid groups (broad SMARTS) is 1. The molecule has 0 radical (unpaired) electrons. The van der Waals surface area contributed by atoms with Crippen LogP contribution in [0.5, 0.6) is 0 Å². The summed E-state index contributed by atoms with van der Waals surface area (Å²) < 4.78 is 4.71. The molecular weight excluding hydrogens is 210 g/mol. The predicted molar refractivity (Wildman–Crippen MR) is 58.0 cm³/mol. The minimum atomic E-state index is -1.06. The van der Waals surface area contributed by atoms with Crippen LogP contribution in [0.15, 0.2) is 0 Å². The number of hydrogen-bond donors (Lipinski definition) is 2. The molecule has 0 aromatic rings. The topological polar surface area (TPSA) is 75.6 Å². The van der Waals surface area contributed by atoms with E-state index in [0.717, 1.165) is 19.3 Å². The van der Waals surface area contributed by atoms with E-state index in [9.17, 15) is 9.59 Å². The first-order valence-electron chi connectivity index (χ1n) is 5.67. The number of carbonyl (C=O) groups excluding carboxylic acids is 1. The summed E-state index contributed by atoms with van der Waals surface area (Å²) in [6.45, 7) is 1.59. The van der Waals surface area contributed by atoms with Crippen LogP contribution in [0.1, 0.15) is 32.6 Å². The molecule has 0 saturated heterocycles. The van der Waals surface area contributed by atoms with Crippen LogP contribution in [0.3, 0.4) is 0 Å². The van der Waals surface area contributed by atoms with E-state index in [4.69, 9.17) is 9.84 Å². The van der Waals surface area contributed by atoms with Gasteiger partial charge in [0.2, 0.25) is 5.91 Å². The van der Waals surface area contributed by atoms with Gasteiger partial charge in [0.05, 0.1) is 0 Å². The van der Waals surface area contributed by atoms with Gasteiger partial charge in [0, 0.05) is 6.04 Å². The number of hydrogen-bond acceptors (Lipinski definition) is 3. The first-order chi connectivity index (χ1) is 7.58. The lowest BCUT2D eigenvalue weighted by molar-refractivity contribution is -0.143. The fourth-order valence-electron chi connectivity index (χ4n) is 2.07. The molecule has 2 unspecified atom stereocenters. The molecule has 0 bridgehead atoms. The van der Waals surface area contributed by atoms with Crippen LogP contribution >= 0.6 is 0 Å². The van der Waals surface area contributed by atoms with Crippen molar-refractivity contribution < 1.29 is 19.4 Å². The van der Waals surface area contributed by atoms with Gasteiger partial charge in [-0.25, -0.2) is 4.79 Å². The molecule has 2 atom stereocenters. The van der Waals surface area contributed by atoms with E-state index < -0.39 is 12.6 Å². The summed E-state index contributed by atoms with van der Waals surface area (Å²) in [7, 11) is 0. The van der Waals surface area contributed by atoms with Crippen molar-refractivity contribution >= 4 is 11.9 Å².